The summed E-state index contributed by atoms with van der Waals surface area (Å²) in [6, 6.07) is 13.0. The molecule has 0 spiro atoms. The Balaban J connectivity index is 1.59. The second-order valence-electron chi connectivity index (χ2n) is 6.46. The standard InChI is InChI=1S/C21H19ClN2O3S/c1-14-13-28-21(23-14)24(17-6-4-16(22)5-7-17)20(25)9-3-15-2-8-18-19(12-15)27-11-10-26-18/h2-9,12,14H,10-11,13H2,1H3/b9-3+. The third-order valence-corrected chi connectivity index (χ3v) is 5.71. The zero-order valence-electron chi connectivity index (χ0n) is 15.3. The Bertz CT molecular complexity index is 943. The van der Waals surface area contributed by atoms with E-state index in [1.54, 1.807) is 40.9 Å². The summed E-state index contributed by atoms with van der Waals surface area (Å²) in [4.78, 5) is 19.3. The first kappa shape index (κ1) is 18.9. The van der Waals surface area contributed by atoms with Gasteiger partial charge in [-0.2, -0.15) is 0 Å². The number of thioether (sulfide) groups is 1. The van der Waals surface area contributed by atoms with Gasteiger partial charge >= 0.3 is 0 Å². The van der Waals surface area contributed by atoms with Gasteiger partial charge in [0.25, 0.3) is 5.91 Å². The van der Waals surface area contributed by atoms with Crippen LogP contribution in [0.5, 0.6) is 11.5 Å². The van der Waals surface area contributed by atoms with Crippen LogP contribution in [0.25, 0.3) is 6.08 Å². The lowest BCUT2D eigenvalue weighted by Gasteiger charge is -2.20. The minimum Gasteiger partial charge on any atom is -0.486 e. The van der Waals surface area contributed by atoms with Crippen molar-refractivity contribution in [3.8, 4) is 11.5 Å². The van der Waals surface area contributed by atoms with Crippen LogP contribution in [0.1, 0.15) is 12.5 Å². The normalized spacial score (nSPS) is 18.2. The van der Waals surface area contributed by atoms with Crippen molar-refractivity contribution in [3.63, 3.8) is 0 Å². The number of aliphatic imine (C=N–C) groups is 1. The summed E-state index contributed by atoms with van der Waals surface area (Å²) in [7, 11) is 0. The Morgan fingerprint density at radius 1 is 1.18 bits per heavy atom. The summed E-state index contributed by atoms with van der Waals surface area (Å²) in [6.07, 6.45) is 3.32. The lowest BCUT2D eigenvalue weighted by Crippen LogP contribution is -2.33. The van der Waals surface area contributed by atoms with E-state index in [4.69, 9.17) is 21.1 Å². The van der Waals surface area contributed by atoms with E-state index >= 15 is 0 Å². The minimum atomic E-state index is -0.169. The number of amidine groups is 1. The molecule has 0 N–H and O–H groups in total. The smallest absolute Gasteiger partial charge is 0.257 e. The van der Waals surface area contributed by atoms with Crippen LogP contribution in [0.2, 0.25) is 5.02 Å². The third-order valence-electron chi connectivity index (χ3n) is 4.27. The molecule has 0 bridgehead atoms. The predicted octanol–water partition coefficient (Wildman–Crippen LogP) is 4.65. The molecule has 2 aromatic carbocycles. The largest absolute Gasteiger partial charge is 0.486 e. The number of anilines is 1. The molecule has 0 aromatic heterocycles. The molecule has 28 heavy (non-hydrogen) atoms. The highest BCUT2D eigenvalue weighted by Crippen LogP contribution is 2.31. The van der Waals surface area contributed by atoms with Crippen LogP contribution in [0.4, 0.5) is 5.69 Å². The van der Waals surface area contributed by atoms with Crippen LogP contribution in [0.15, 0.2) is 53.5 Å². The Hall–Kier alpha value is -2.44. The van der Waals surface area contributed by atoms with E-state index < -0.39 is 0 Å². The van der Waals surface area contributed by atoms with Gasteiger partial charge in [0.1, 0.15) is 13.2 Å². The summed E-state index contributed by atoms with van der Waals surface area (Å²) in [5.74, 6) is 2.11. The molecule has 1 atom stereocenters. The van der Waals surface area contributed by atoms with Crippen LogP contribution >= 0.6 is 23.4 Å². The Labute approximate surface area is 173 Å². The number of carbonyl (C=O) groups is 1. The van der Waals surface area contributed by atoms with Crippen molar-refractivity contribution < 1.29 is 14.3 Å². The van der Waals surface area contributed by atoms with E-state index in [0.717, 1.165) is 22.8 Å². The predicted molar refractivity (Wildman–Crippen MR) is 115 cm³/mol. The maximum atomic E-state index is 13.0. The number of carbonyl (C=O) groups excluding carboxylic acids is 1. The SMILES string of the molecule is CC1CSC(N(C(=O)/C=C/c2ccc3c(c2)OCCO3)c2ccc(Cl)cc2)=N1. The van der Waals surface area contributed by atoms with E-state index in [1.807, 2.05) is 37.3 Å². The minimum absolute atomic E-state index is 0.169. The highest BCUT2D eigenvalue weighted by molar-refractivity contribution is 8.14. The van der Waals surface area contributed by atoms with Crippen LogP contribution in [-0.4, -0.2) is 36.1 Å². The number of benzene rings is 2. The zero-order valence-corrected chi connectivity index (χ0v) is 16.9. The van der Waals surface area contributed by atoms with Gasteiger partial charge in [0.05, 0.1) is 11.7 Å². The molecule has 5 nitrogen and oxygen atoms in total. The highest BCUT2D eigenvalue weighted by Gasteiger charge is 2.25. The summed E-state index contributed by atoms with van der Waals surface area (Å²) < 4.78 is 11.1. The van der Waals surface area contributed by atoms with Crippen molar-refractivity contribution >= 4 is 46.2 Å². The van der Waals surface area contributed by atoms with Gasteiger partial charge in [0, 0.05) is 16.9 Å². The molecule has 0 saturated carbocycles. The van der Waals surface area contributed by atoms with Crippen LogP contribution in [-0.2, 0) is 4.79 Å². The van der Waals surface area contributed by atoms with E-state index in [-0.39, 0.29) is 11.9 Å². The molecule has 1 unspecified atom stereocenters. The number of halogens is 1. The molecule has 144 valence electrons. The van der Waals surface area contributed by atoms with Crippen molar-refractivity contribution in [2.75, 3.05) is 23.9 Å². The number of hydrogen-bond donors (Lipinski definition) is 0. The van der Waals surface area contributed by atoms with Crippen LogP contribution in [0.3, 0.4) is 0 Å². The van der Waals surface area contributed by atoms with Gasteiger partial charge in [-0.3, -0.25) is 14.7 Å². The van der Waals surface area contributed by atoms with E-state index in [1.165, 1.54) is 0 Å². The van der Waals surface area contributed by atoms with E-state index in [9.17, 15) is 4.79 Å². The molecule has 0 saturated heterocycles. The average Bonchev–Trinajstić information content (AvgIpc) is 3.13. The summed E-state index contributed by atoms with van der Waals surface area (Å²) in [5, 5.41) is 1.32. The van der Waals surface area contributed by atoms with Gasteiger partial charge in [-0.1, -0.05) is 29.4 Å². The van der Waals surface area contributed by atoms with Crippen molar-refractivity contribution in [1.82, 2.24) is 0 Å². The molecule has 2 aliphatic rings. The number of amides is 1. The summed E-state index contributed by atoms with van der Waals surface area (Å²) in [6.45, 7) is 3.11. The Morgan fingerprint density at radius 2 is 1.93 bits per heavy atom. The highest BCUT2D eigenvalue weighted by atomic mass is 35.5. The third kappa shape index (κ3) is 4.18. The van der Waals surface area contributed by atoms with Crippen molar-refractivity contribution in [1.29, 1.82) is 0 Å². The molecular weight excluding hydrogens is 396 g/mol. The Kier molecular flexibility index (Phi) is 5.59. The average molecular weight is 415 g/mol. The number of ether oxygens (including phenoxy) is 2. The van der Waals surface area contributed by atoms with Crippen LogP contribution in [0, 0.1) is 0 Å². The second kappa shape index (κ2) is 8.29. The summed E-state index contributed by atoms with van der Waals surface area (Å²) >= 11 is 7.58. The first-order valence-corrected chi connectivity index (χ1v) is 10.3. The van der Waals surface area contributed by atoms with Gasteiger partial charge in [-0.25, -0.2) is 0 Å². The molecule has 2 heterocycles. The van der Waals surface area contributed by atoms with Crippen molar-refractivity contribution in [2.45, 2.75) is 13.0 Å². The lowest BCUT2D eigenvalue weighted by molar-refractivity contribution is -0.113. The number of rotatable bonds is 3. The topological polar surface area (TPSA) is 51.1 Å². The lowest BCUT2D eigenvalue weighted by atomic mass is 10.1. The molecular formula is C21H19ClN2O3S. The fourth-order valence-electron chi connectivity index (χ4n) is 2.91. The first-order valence-electron chi connectivity index (χ1n) is 8.98. The number of fused-ring (bicyclic) bond motifs is 1. The zero-order chi connectivity index (χ0) is 19.5. The molecule has 0 aliphatic carbocycles. The number of nitrogens with zero attached hydrogens (tertiary/aromatic N) is 2. The monoisotopic (exact) mass is 414 g/mol. The van der Waals surface area contributed by atoms with Gasteiger partial charge < -0.3 is 9.47 Å². The molecule has 2 aliphatic heterocycles. The van der Waals surface area contributed by atoms with Gasteiger partial charge in [0.15, 0.2) is 16.7 Å². The van der Waals surface area contributed by atoms with Crippen LogP contribution < -0.4 is 14.4 Å². The first-order chi connectivity index (χ1) is 13.6. The summed E-state index contributed by atoms with van der Waals surface area (Å²) in [5.41, 5.74) is 1.60. The second-order valence-corrected chi connectivity index (χ2v) is 7.88. The molecule has 1 amide bonds. The fraction of sp³-hybridized carbons (Fsp3) is 0.238. The Morgan fingerprint density at radius 3 is 2.64 bits per heavy atom. The van der Waals surface area contributed by atoms with E-state index in [0.29, 0.717) is 29.2 Å². The van der Waals surface area contributed by atoms with Crippen molar-refractivity contribution in [2.24, 2.45) is 4.99 Å². The molecule has 7 heteroatoms. The fourth-order valence-corrected chi connectivity index (χ4v) is 4.08. The quantitative estimate of drug-likeness (QED) is 0.686. The molecule has 0 fully saturated rings. The van der Waals surface area contributed by atoms with E-state index in [2.05, 4.69) is 4.99 Å². The molecule has 4 rings (SSSR count). The van der Waals surface area contributed by atoms with Crippen molar-refractivity contribution in [3.05, 3.63) is 59.1 Å². The van der Waals surface area contributed by atoms with Gasteiger partial charge in [-0.05, 0) is 55.0 Å². The molecule has 2 aromatic rings. The number of hydrogen-bond acceptors (Lipinski definition) is 5. The molecule has 0 radical (unpaired) electrons. The maximum Gasteiger partial charge on any atom is 0.257 e. The van der Waals surface area contributed by atoms with Gasteiger partial charge in [-0.15, -0.1) is 0 Å². The maximum absolute atomic E-state index is 13.0. The van der Waals surface area contributed by atoms with Gasteiger partial charge in [0.2, 0.25) is 0 Å².